The lowest BCUT2D eigenvalue weighted by Gasteiger charge is -2.14. The van der Waals surface area contributed by atoms with Gasteiger partial charge in [-0.25, -0.2) is 4.98 Å². The number of carbonyl (C=O) groups excluding carboxylic acids is 1. The van der Waals surface area contributed by atoms with Gasteiger partial charge >= 0.3 is 0 Å². The van der Waals surface area contributed by atoms with E-state index >= 15 is 0 Å². The van der Waals surface area contributed by atoms with E-state index in [1.807, 2.05) is 67.9 Å². The van der Waals surface area contributed by atoms with Crippen LogP contribution in [0, 0.1) is 13.8 Å². The monoisotopic (exact) mass is 433 g/mol. The largest absolute Gasteiger partial charge is 0.497 e. The highest BCUT2D eigenvalue weighted by Crippen LogP contribution is 2.25. The molecule has 2 heterocycles. The normalized spacial score (nSPS) is 11.1. The van der Waals surface area contributed by atoms with Crippen molar-refractivity contribution in [1.82, 2.24) is 14.1 Å². The van der Waals surface area contributed by atoms with Crippen molar-refractivity contribution in [2.45, 2.75) is 19.0 Å². The van der Waals surface area contributed by atoms with Crippen LogP contribution in [0.25, 0.3) is 16.6 Å². The van der Waals surface area contributed by atoms with Crippen molar-refractivity contribution in [3.63, 3.8) is 0 Å². The first-order valence-corrected chi connectivity index (χ1v) is 10.8. The Hall–Kier alpha value is -3.32. The Kier molecular flexibility index (Phi) is 5.69. The standard InChI is InChI=1S/C24H23N3O3S/c1-15-12-20(16(2)26(15)3)22(28)14-31-24-25-21-11-6-5-10-19(21)23(29)27(24)17-8-7-9-18(13-17)30-4/h5-13H,14H2,1-4H3. The molecule has 0 aliphatic carbocycles. The summed E-state index contributed by atoms with van der Waals surface area (Å²) >= 11 is 1.26. The van der Waals surface area contributed by atoms with Crippen LogP contribution in [0.2, 0.25) is 0 Å². The first kappa shape index (κ1) is 20.9. The van der Waals surface area contributed by atoms with Crippen molar-refractivity contribution >= 4 is 28.4 Å². The zero-order valence-corrected chi connectivity index (χ0v) is 18.7. The topological polar surface area (TPSA) is 66.1 Å². The van der Waals surface area contributed by atoms with Crippen LogP contribution in [0.3, 0.4) is 0 Å². The first-order chi connectivity index (χ1) is 14.9. The Balaban J connectivity index is 1.78. The Labute approximate surface area is 184 Å². The summed E-state index contributed by atoms with van der Waals surface area (Å²) < 4.78 is 8.87. The Morgan fingerprint density at radius 2 is 1.87 bits per heavy atom. The molecular weight excluding hydrogens is 410 g/mol. The highest BCUT2D eigenvalue weighted by Gasteiger charge is 2.18. The molecule has 0 aliphatic rings. The number of methoxy groups -OCH3 is 1. The molecule has 6 nitrogen and oxygen atoms in total. The highest BCUT2D eigenvalue weighted by molar-refractivity contribution is 7.99. The molecule has 0 bridgehead atoms. The van der Waals surface area contributed by atoms with Gasteiger partial charge in [-0.3, -0.25) is 14.2 Å². The molecule has 2 aromatic carbocycles. The molecule has 0 unspecified atom stereocenters. The molecule has 31 heavy (non-hydrogen) atoms. The molecular formula is C24H23N3O3S. The van der Waals surface area contributed by atoms with Gasteiger partial charge in [0.15, 0.2) is 10.9 Å². The fraction of sp³-hybridized carbons (Fsp3) is 0.208. The number of aromatic nitrogens is 3. The van der Waals surface area contributed by atoms with Crippen LogP contribution >= 0.6 is 11.8 Å². The molecule has 0 N–H and O–H groups in total. The van der Waals surface area contributed by atoms with Gasteiger partial charge in [-0.15, -0.1) is 0 Å². The smallest absolute Gasteiger partial charge is 0.266 e. The van der Waals surface area contributed by atoms with Gasteiger partial charge in [0.25, 0.3) is 5.56 Å². The zero-order valence-electron chi connectivity index (χ0n) is 17.9. The number of hydrogen-bond donors (Lipinski definition) is 0. The van der Waals surface area contributed by atoms with Crippen LogP contribution in [0.5, 0.6) is 5.75 Å². The number of aryl methyl sites for hydroxylation is 1. The van der Waals surface area contributed by atoms with E-state index < -0.39 is 0 Å². The Morgan fingerprint density at radius 3 is 2.58 bits per heavy atom. The number of nitrogens with zero attached hydrogens (tertiary/aromatic N) is 3. The number of benzene rings is 2. The molecule has 0 spiro atoms. The predicted molar refractivity (Wildman–Crippen MR) is 124 cm³/mol. The highest BCUT2D eigenvalue weighted by atomic mass is 32.2. The van der Waals surface area contributed by atoms with Crippen molar-refractivity contribution in [2.75, 3.05) is 12.9 Å². The van der Waals surface area contributed by atoms with Crippen molar-refractivity contribution in [1.29, 1.82) is 0 Å². The summed E-state index contributed by atoms with van der Waals surface area (Å²) in [6.45, 7) is 3.91. The Bertz CT molecular complexity index is 1350. The molecule has 4 rings (SSSR count). The maximum Gasteiger partial charge on any atom is 0.266 e. The molecule has 0 fully saturated rings. The van der Waals surface area contributed by atoms with E-state index in [1.165, 1.54) is 11.8 Å². The van der Waals surface area contributed by atoms with E-state index in [-0.39, 0.29) is 17.1 Å². The quantitative estimate of drug-likeness (QED) is 0.257. The SMILES string of the molecule is COc1cccc(-n2c(SCC(=O)c3cc(C)n(C)c3C)nc3ccccc3c2=O)c1. The molecule has 7 heteroatoms. The second-order valence-corrected chi connectivity index (χ2v) is 8.25. The number of thioether (sulfide) groups is 1. The second-order valence-electron chi connectivity index (χ2n) is 7.31. The summed E-state index contributed by atoms with van der Waals surface area (Å²) in [7, 11) is 3.53. The molecule has 0 saturated heterocycles. The van der Waals surface area contributed by atoms with Crippen LogP contribution in [-0.4, -0.2) is 32.8 Å². The molecule has 0 atom stereocenters. The molecule has 2 aromatic heterocycles. The summed E-state index contributed by atoms with van der Waals surface area (Å²) in [4.78, 5) is 31.0. The number of Topliss-reactive ketones (excluding diaryl/α,β-unsaturated/α-hetero) is 1. The summed E-state index contributed by atoms with van der Waals surface area (Å²) in [5.74, 6) is 0.824. The van der Waals surface area contributed by atoms with Crippen molar-refractivity contribution < 1.29 is 9.53 Å². The van der Waals surface area contributed by atoms with Crippen LogP contribution < -0.4 is 10.3 Å². The number of ether oxygens (including phenoxy) is 1. The third kappa shape index (κ3) is 3.88. The average molecular weight is 434 g/mol. The van der Waals surface area contributed by atoms with Gasteiger partial charge in [-0.1, -0.05) is 30.0 Å². The maximum absolute atomic E-state index is 13.3. The van der Waals surface area contributed by atoms with Crippen LogP contribution in [0.15, 0.2) is 64.5 Å². The lowest BCUT2D eigenvalue weighted by Crippen LogP contribution is -2.22. The van der Waals surface area contributed by atoms with E-state index in [0.29, 0.717) is 33.1 Å². The minimum Gasteiger partial charge on any atom is -0.497 e. The van der Waals surface area contributed by atoms with Gasteiger partial charge in [0.05, 0.1) is 29.5 Å². The number of hydrogen-bond acceptors (Lipinski definition) is 5. The number of fused-ring (bicyclic) bond motifs is 1. The summed E-state index contributed by atoms with van der Waals surface area (Å²) in [6.07, 6.45) is 0. The number of rotatable bonds is 6. The number of carbonyl (C=O) groups is 1. The average Bonchev–Trinajstić information content (AvgIpc) is 3.05. The van der Waals surface area contributed by atoms with Gasteiger partial charge in [0.2, 0.25) is 0 Å². The first-order valence-electron chi connectivity index (χ1n) is 9.86. The second kappa shape index (κ2) is 8.43. The van der Waals surface area contributed by atoms with Gasteiger partial charge in [-0.05, 0) is 44.2 Å². The molecule has 158 valence electrons. The predicted octanol–water partition coefficient (Wildman–Crippen LogP) is 4.32. The fourth-order valence-electron chi connectivity index (χ4n) is 3.53. The van der Waals surface area contributed by atoms with Crippen molar-refractivity contribution in [3.05, 3.63) is 81.9 Å². The number of ketones is 1. The van der Waals surface area contributed by atoms with Gasteiger partial charge in [-0.2, -0.15) is 0 Å². The minimum atomic E-state index is -0.180. The summed E-state index contributed by atoms with van der Waals surface area (Å²) in [5.41, 5.74) is 3.73. The van der Waals surface area contributed by atoms with Crippen molar-refractivity contribution in [3.8, 4) is 11.4 Å². The maximum atomic E-state index is 13.3. The fourth-order valence-corrected chi connectivity index (χ4v) is 4.43. The molecule has 0 saturated carbocycles. The lowest BCUT2D eigenvalue weighted by molar-refractivity contribution is 0.102. The molecule has 0 amide bonds. The van der Waals surface area contributed by atoms with E-state index in [0.717, 1.165) is 11.4 Å². The summed E-state index contributed by atoms with van der Waals surface area (Å²) in [5, 5.41) is 0.992. The van der Waals surface area contributed by atoms with E-state index in [1.54, 1.807) is 23.8 Å². The third-order valence-electron chi connectivity index (χ3n) is 5.46. The van der Waals surface area contributed by atoms with Crippen LogP contribution in [-0.2, 0) is 7.05 Å². The molecule has 0 aliphatic heterocycles. The molecule has 0 radical (unpaired) electrons. The van der Waals surface area contributed by atoms with Crippen LogP contribution in [0.1, 0.15) is 21.7 Å². The van der Waals surface area contributed by atoms with Crippen LogP contribution in [0.4, 0.5) is 0 Å². The van der Waals surface area contributed by atoms with Crippen molar-refractivity contribution in [2.24, 2.45) is 7.05 Å². The third-order valence-corrected chi connectivity index (χ3v) is 6.40. The van der Waals surface area contributed by atoms with Gasteiger partial charge < -0.3 is 9.30 Å². The lowest BCUT2D eigenvalue weighted by atomic mass is 10.2. The van der Waals surface area contributed by atoms with E-state index in [9.17, 15) is 9.59 Å². The number of para-hydroxylation sites is 1. The van der Waals surface area contributed by atoms with Gasteiger partial charge in [0, 0.05) is 30.1 Å². The van der Waals surface area contributed by atoms with E-state index in [4.69, 9.17) is 9.72 Å². The summed E-state index contributed by atoms with van der Waals surface area (Å²) in [6, 6.07) is 16.4. The zero-order chi connectivity index (χ0) is 22.1. The minimum absolute atomic E-state index is 0.00537. The molecule has 4 aromatic rings. The van der Waals surface area contributed by atoms with E-state index in [2.05, 4.69) is 0 Å². The Morgan fingerprint density at radius 1 is 1.10 bits per heavy atom. The van der Waals surface area contributed by atoms with Gasteiger partial charge in [0.1, 0.15) is 5.75 Å².